The van der Waals surface area contributed by atoms with Gasteiger partial charge in [0, 0.05) is 24.5 Å². The number of anilines is 2. The lowest BCUT2D eigenvalue weighted by Crippen LogP contribution is -2.25. The van der Waals surface area contributed by atoms with Crippen LogP contribution in [0.3, 0.4) is 0 Å². The van der Waals surface area contributed by atoms with Crippen LogP contribution in [0.4, 0.5) is 22.7 Å². The van der Waals surface area contributed by atoms with Crippen molar-refractivity contribution in [3.05, 3.63) is 48.5 Å². The molecule has 0 saturated carbocycles. The number of nitrogens with zero attached hydrogens (tertiary/aromatic N) is 3. The first kappa shape index (κ1) is 18.0. The third-order valence-corrected chi connectivity index (χ3v) is 3.95. The second-order valence-corrected chi connectivity index (χ2v) is 6.00. The number of hydrogen-bond donors (Lipinski definition) is 1. The summed E-state index contributed by atoms with van der Waals surface area (Å²) in [5, 5.41) is 8.54. The first-order valence-electron chi connectivity index (χ1n) is 8.85. The highest BCUT2D eigenvalue weighted by Gasteiger charge is 2.05. The van der Waals surface area contributed by atoms with Gasteiger partial charge in [-0.15, -0.1) is 0 Å². The van der Waals surface area contributed by atoms with E-state index in [0.29, 0.717) is 0 Å². The van der Waals surface area contributed by atoms with Gasteiger partial charge in [0.2, 0.25) is 0 Å². The van der Waals surface area contributed by atoms with Gasteiger partial charge < -0.3 is 10.6 Å². The molecular formula is C20H28N4. The summed E-state index contributed by atoms with van der Waals surface area (Å²) in [7, 11) is 0. The van der Waals surface area contributed by atoms with Gasteiger partial charge in [-0.3, -0.25) is 0 Å². The van der Waals surface area contributed by atoms with Gasteiger partial charge in [-0.1, -0.05) is 26.7 Å². The minimum Gasteiger partial charge on any atom is -0.399 e. The van der Waals surface area contributed by atoms with E-state index >= 15 is 0 Å². The highest BCUT2D eigenvalue weighted by molar-refractivity contribution is 5.53. The topological polar surface area (TPSA) is 54.0 Å². The fourth-order valence-corrected chi connectivity index (χ4v) is 2.45. The molecule has 0 aliphatic heterocycles. The van der Waals surface area contributed by atoms with Crippen LogP contribution in [-0.4, -0.2) is 13.1 Å². The molecule has 0 aliphatic carbocycles. The molecule has 0 unspecified atom stereocenters. The molecule has 0 heterocycles. The van der Waals surface area contributed by atoms with Crippen molar-refractivity contribution >= 4 is 22.7 Å². The van der Waals surface area contributed by atoms with E-state index in [1.54, 1.807) is 0 Å². The van der Waals surface area contributed by atoms with Crippen molar-refractivity contribution in [2.45, 2.75) is 39.5 Å². The Morgan fingerprint density at radius 1 is 0.750 bits per heavy atom. The van der Waals surface area contributed by atoms with Gasteiger partial charge >= 0.3 is 0 Å². The summed E-state index contributed by atoms with van der Waals surface area (Å²) in [4.78, 5) is 2.47. The molecule has 2 N–H and O–H groups in total. The summed E-state index contributed by atoms with van der Waals surface area (Å²) >= 11 is 0. The van der Waals surface area contributed by atoms with Crippen molar-refractivity contribution in [2.24, 2.45) is 10.2 Å². The SMILES string of the molecule is CCCCN(CCCC)c1ccc(/N=N/c2ccc(N)cc2)cc1. The second-order valence-electron chi connectivity index (χ2n) is 6.00. The average molecular weight is 324 g/mol. The van der Waals surface area contributed by atoms with E-state index in [1.807, 2.05) is 36.4 Å². The Bertz CT molecular complexity index is 609. The molecule has 2 rings (SSSR count). The molecule has 0 saturated heterocycles. The molecule has 0 aromatic heterocycles. The Hall–Kier alpha value is -2.36. The number of rotatable bonds is 9. The predicted molar refractivity (Wildman–Crippen MR) is 104 cm³/mol. The maximum Gasteiger partial charge on any atom is 0.0858 e. The van der Waals surface area contributed by atoms with Crippen molar-refractivity contribution < 1.29 is 0 Å². The van der Waals surface area contributed by atoms with Crippen molar-refractivity contribution in [1.82, 2.24) is 0 Å². The van der Waals surface area contributed by atoms with E-state index in [2.05, 4.69) is 41.1 Å². The zero-order valence-electron chi connectivity index (χ0n) is 14.8. The molecule has 2 aromatic rings. The highest BCUT2D eigenvalue weighted by atomic mass is 15.1. The summed E-state index contributed by atoms with van der Waals surface area (Å²) in [5.41, 5.74) is 9.34. The van der Waals surface area contributed by atoms with E-state index in [4.69, 9.17) is 5.73 Å². The summed E-state index contributed by atoms with van der Waals surface area (Å²) in [6, 6.07) is 15.7. The van der Waals surface area contributed by atoms with Gasteiger partial charge in [0.15, 0.2) is 0 Å². The lowest BCUT2D eigenvalue weighted by Gasteiger charge is -2.24. The third-order valence-electron chi connectivity index (χ3n) is 3.95. The van der Waals surface area contributed by atoms with Crippen molar-refractivity contribution in [1.29, 1.82) is 0 Å². The second kappa shape index (κ2) is 9.71. The van der Waals surface area contributed by atoms with Crippen molar-refractivity contribution in [3.63, 3.8) is 0 Å². The zero-order valence-corrected chi connectivity index (χ0v) is 14.8. The maximum absolute atomic E-state index is 5.67. The van der Waals surface area contributed by atoms with Gasteiger partial charge in [-0.25, -0.2) is 0 Å². The van der Waals surface area contributed by atoms with Gasteiger partial charge in [0.05, 0.1) is 11.4 Å². The molecule has 0 amide bonds. The molecule has 2 aromatic carbocycles. The van der Waals surface area contributed by atoms with E-state index < -0.39 is 0 Å². The largest absolute Gasteiger partial charge is 0.399 e. The molecule has 0 spiro atoms. The fourth-order valence-electron chi connectivity index (χ4n) is 2.45. The Morgan fingerprint density at radius 2 is 1.21 bits per heavy atom. The van der Waals surface area contributed by atoms with E-state index in [1.165, 1.54) is 31.4 Å². The molecule has 4 nitrogen and oxygen atoms in total. The van der Waals surface area contributed by atoms with Crippen molar-refractivity contribution in [3.8, 4) is 0 Å². The Labute approximate surface area is 145 Å². The van der Waals surface area contributed by atoms with Crippen LogP contribution in [-0.2, 0) is 0 Å². The van der Waals surface area contributed by atoms with Crippen molar-refractivity contribution in [2.75, 3.05) is 23.7 Å². The summed E-state index contributed by atoms with van der Waals surface area (Å²) < 4.78 is 0. The molecular weight excluding hydrogens is 296 g/mol. The number of unbranched alkanes of at least 4 members (excludes halogenated alkanes) is 2. The summed E-state index contributed by atoms with van der Waals surface area (Å²) in [6.07, 6.45) is 4.89. The standard InChI is InChI=1S/C20H28N4/c1-3-5-15-24(16-6-4-2)20-13-11-19(12-14-20)23-22-18-9-7-17(21)8-10-18/h7-14H,3-6,15-16,21H2,1-2H3/b23-22+. The molecule has 0 atom stereocenters. The minimum atomic E-state index is 0.734. The van der Waals surface area contributed by atoms with Gasteiger partial charge in [0.1, 0.15) is 0 Å². The zero-order chi connectivity index (χ0) is 17.2. The Morgan fingerprint density at radius 3 is 1.67 bits per heavy atom. The van der Waals surface area contributed by atoms with Gasteiger partial charge in [0.25, 0.3) is 0 Å². The average Bonchev–Trinajstić information content (AvgIpc) is 2.62. The smallest absolute Gasteiger partial charge is 0.0858 e. The first-order chi connectivity index (χ1) is 11.7. The van der Waals surface area contributed by atoms with Crippen LogP contribution in [0.2, 0.25) is 0 Å². The number of nitrogen functional groups attached to an aromatic ring is 1. The van der Waals surface area contributed by atoms with Crippen LogP contribution in [0.15, 0.2) is 58.8 Å². The Kier molecular flexibility index (Phi) is 7.27. The normalized spacial score (nSPS) is 11.1. The van der Waals surface area contributed by atoms with E-state index in [9.17, 15) is 0 Å². The molecule has 4 heteroatoms. The molecule has 128 valence electrons. The molecule has 0 radical (unpaired) electrons. The summed E-state index contributed by atoms with van der Waals surface area (Å²) in [6.45, 7) is 6.70. The minimum absolute atomic E-state index is 0.734. The van der Waals surface area contributed by atoms with Crippen LogP contribution in [0.1, 0.15) is 39.5 Å². The molecule has 0 bridgehead atoms. The number of azo groups is 1. The lowest BCUT2D eigenvalue weighted by molar-refractivity contribution is 0.678. The number of benzene rings is 2. The van der Waals surface area contributed by atoms with E-state index in [-0.39, 0.29) is 0 Å². The van der Waals surface area contributed by atoms with Crippen LogP contribution in [0.5, 0.6) is 0 Å². The predicted octanol–water partition coefficient (Wildman–Crippen LogP) is 6.09. The van der Waals surface area contributed by atoms with Crippen LogP contribution in [0.25, 0.3) is 0 Å². The number of nitrogens with two attached hydrogens (primary N) is 1. The van der Waals surface area contributed by atoms with Gasteiger partial charge in [-0.05, 0) is 61.4 Å². The molecule has 0 fully saturated rings. The van der Waals surface area contributed by atoms with Gasteiger partial charge in [-0.2, -0.15) is 10.2 Å². The van der Waals surface area contributed by atoms with Crippen LogP contribution >= 0.6 is 0 Å². The lowest BCUT2D eigenvalue weighted by atomic mass is 10.2. The quantitative estimate of drug-likeness (QED) is 0.448. The molecule has 0 aliphatic rings. The van der Waals surface area contributed by atoms with Crippen LogP contribution in [0, 0.1) is 0 Å². The third kappa shape index (κ3) is 5.69. The van der Waals surface area contributed by atoms with Crippen LogP contribution < -0.4 is 10.6 Å². The fraction of sp³-hybridized carbons (Fsp3) is 0.400. The summed E-state index contributed by atoms with van der Waals surface area (Å²) in [5.74, 6) is 0. The first-order valence-corrected chi connectivity index (χ1v) is 8.85. The Balaban J connectivity index is 2.03. The monoisotopic (exact) mass is 324 g/mol. The maximum atomic E-state index is 5.67. The number of hydrogen-bond acceptors (Lipinski definition) is 4. The molecule has 24 heavy (non-hydrogen) atoms. The highest BCUT2D eigenvalue weighted by Crippen LogP contribution is 2.23. The van der Waals surface area contributed by atoms with E-state index in [0.717, 1.165) is 30.2 Å².